The summed E-state index contributed by atoms with van der Waals surface area (Å²) in [7, 11) is -3.80. The lowest BCUT2D eigenvalue weighted by atomic mass is 10.2. The molecule has 2 aromatic heterocycles. The highest BCUT2D eigenvalue weighted by molar-refractivity contribution is 7.92. The van der Waals surface area contributed by atoms with Gasteiger partial charge in [-0.15, -0.1) is 0 Å². The molecule has 0 aliphatic carbocycles. The van der Waals surface area contributed by atoms with Gasteiger partial charge in [-0.05, 0) is 56.7 Å². The first-order valence-electron chi connectivity index (χ1n) is 7.71. The van der Waals surface area contributed by atoms with Crippen molar-refractivity contribution in [1.82, 2.24) is 10.1 Å². The van der Waals surface area contributed by atoms with Crippen LogP contribution >= 0.6 is 11.6 Å². The van der Waals surface area contributed by atoms with Crippen molar-refractivity contribution in [3.63, 3.8) is 0 Å². The average molecular weight is 393 g/mol. The van der Waals surface area contributed by atoms with Crippen molar-refractivity contribution >= 4 is 38.8 Å². The van der Waals surface area contributed by atoms with Crippen molar-refractivity contribution in [3.05, 3.63) is 58.6 Å². The van der Waals surface area contributed by atoms with E-state index in [2.05, 4.69) is 20.2 Å². The third-order valence-electron chi connectivity index (χ3n) is 3.70. The molecule has 3 aromatic rings. The van der Waals surface area contributed by atoms with Crippen LogP contribution in [-0.4, -0.2) is 18.6 Å². The van der Waals surface area contributed by atoms with Crippen LogP contribution in [0.3, 0.4) is 0 Å². The Morgan fingerprint density at radius 3 is 2.46 bits per heavy atom. The molecule has 7 nitrogen and oxygen atoms in total. The van der Waals surface area contributed by atoms with E-state index in [1.54, 1.807) is 32.0 Å². The molecule has 0 unspecified atom stereocenters. The summed E-state index contributed by atoms with van der Waals surface area (Å²) in [5, 5.41) is 7.49. The Bertz CT molecular complexity index is 1030. The fraction of sp³-hybridized carbons (Fsp3) is 0.176. The quantitative estimate of drug-likeness (QED) is 0.675. The third-order valence-corrected chi connectivity index (χ3v) is 5.56. The van der Waals surface area contributed by atoms with Gasteiger partial charge in [-0.2, -0.15) is 0 Å². The first kappa shape index (κ1) is 18.2. The van der Waals surface area contributed by atoms with Crippen LogP contribution < -0.4 is 10.0 Å². The Morgan fingerprint density at radius 1 is 1.12 bits per heavy atom. The van der Waals surface area contributed by atoms with Gasteiger partial charge in [0.05, 0.1) is 11.9 Å². The molecule has 0 saturated carbocycles. The standard InChI is InChI=1S/C17H17ClN4O3S/c1-10-8-13(18)4-6-15(10)20-16-7-5-14(9-19-16)22-26(23,24)17-11(2)21-25-12(17)3/h4-9,22H,1-3H3,(H,19,20). The Labute approximate surface area is 156 Å². The van der Waals surface area contributed by atoms with Gasteiger partial charge in [0.1, 0.15) is 11.5 Å². The molecule has 9 heteroatoms. The first-order valence-corrected chi connectivity index (χ1v) is 9.57. The maximum absolute atomic E-state index is 12.5. The summed E-state index contributed by atoms with van der Waals surface area (Å²) in [5.74, 6) is 0.815. The molecule has 0 atom stereocenters. The number of nitrogens with one attached hydrogen (secondary N) is 2. The maximum atomic E-state index is 12.5. The molecule has 136 valence electrons. The first-order chi connectivity index (χ1) is 12.3. The Morgan fingerprint density at radius 2 is 1.88 bits per heavy atom. The van der Waals surface area contributed by atoms with Gasteiger partial charge in [0, 0.05) is 10.7 Å². The lowest BCUT2D eigenvalue weighted by Gasteiger charge is -2.11. The molecular formula is C17H17ClN4O3S. The summed E-state index contributed by atoms with van der Waals surface area (Å²) >= 11 is 5.95. The van der Waals surface area contributed by atoms with Crippen molar-refractivity contribution in [3.8, 4) is 0 Å². The van der Waals surface area contributed by atoms with Crippen LogP contribution in [0.1, 0.15) is 17.0 Å². The number of aryl methyl sites for hydroxylation is 3. The number of hydrogen-bond donors (Lipinski definition) is 2. The van der Waals surface area contributed by atoms with Crippen LogP contribution in [0.25, 0.3) is 0 Å². The van der Waals surface area contributed by atoms with Crippen molar-refractivity contribution in [2.24, 2.45) is 0 Å². The number of aromatic nitrogens is 2. The molecule has 3 rings (SSSR count). The second-order valence-electron chi connectivity index (χ2n) is 5.78. The number of hydrogen-bond acceptors (Lipinski definition) is 6. The number of nitrogens with zero attached hydrogens (tertiary/aromatic N) is 2. The average Bonchev–Trinajstić information content (AvgIpc) is 2.91. The third kappa shape index (κ3) is 3.81. The monoisotopic (exact) mass is 392 g/mol. The van der Waals surface area contributed by atoms with Gasteiger partial charge in [-0.25, -0.2) is 13.4 Å². The van der Waals surface area contributed by atoms with Crippen molar-refractivity contribution in [2.75, 3.05) is 10.0 Å². The second kappa shape index (κ2) is 6.97. The maximum Gasteiger partial charge on any atom is 0.267 e. The van der Waals surface area contributed by atoms with Crippen LogP contribution in [0.4, 0.5) is 17.2 Å². The largest absolute Gasteiger partial charge is 0.360 e. The molecule has 2 heterocycles. The fourth-order valence-electron chi connectivity index (χ4n) is 2.50. The molecule has 0 amide bonds. The lowest BCUT2D eigenvalue weighted by molar-refractivity contribution is 0.390. The van der Waals surface area contributed by atoms with Gasteiger partial charge in [-0.3, -0.25) is 4.72 Å². The summed E-state index contributed by atoms with van der Waals surface area (Å²) < 4.78 is 32.4. The number of halogens is 1. The van der Waals surface area contributed by atoms with Gasteiger partial charge in [0.15, 0.2) is 10.7 Å². The van der Waals surface area contributed by atoms with Crippen LogP contribution in [0.5, 0.6) is 0 Å². The van der Waals surface area contributed by atoms with E-state index in [0.29, 0.717) is 22.2 Å². The highest BCUT2D eigenvalue weighted by Gasteiger charge is 2.24. The molecule has 0 aliphatic rings. The van der Waals surface area contributed by atoms with E-state index in [0.717, 1.165) is 11.3 Å². The smallest absolute Gasteiger partial charge is 0.267 e. The molecule has 0 aliphatic heterocycles. The zero-order valence-corrected chi connectivity index (χ0v) is 15.9. The molecule has 26 heavy (non-hydrogen) atoms. The number of benzene rings is 1. The zero-order chi connectivity index (χ0) is 18.9. The SMILES string of the molecule is Cc1cc(Cl)ccc1Nc1ccc(NS(=O)(=O)c2c(C)noc2C)cn1. The van der Waals surface area contributed by atoms with Gasteiger partial charge in [-0.1, -0.05) is 16.8 Å². The Hall–Kier alpha value is -2.58. The van der Waals surface area contributed by atoms with E-state index in [4.69, 9.17) is 16.1 Å². The molecule has 1 aromatic carbocycles. The van der Waals surface area contributed by atoms with Crippen LogP contribution in [0, 0.1) is 20.8 Å². The van der Waals surface area contributed by atoms with Crippen molar-refractivity contribution in [2.45, 2.75) is 25.7 Å². The minimum absolute atomic E-state index is 0.0384. The zero-order valence-electron chi connectivity index (χ0n) is 14.4. The molecular weight excluding hydrogens is 376 g/mol. The summed E-state index contributed by atoms with van der Waals surface area (Å²) in [6.07, 6.45) is 1.43. The number of rotatable bonds is 5. The summed E-state index contributed by atoms with van der Waals surface area (Å²) in [5.41, 5.74) is 2.48. The summed E-state index contributed by atoms with van der Waals surface area (Å²) in [6, 6.07) is 8.78. The van der Waals surface area contributed by atoms with Crippen LogP contribution in [0.2, 0.25) is 5.02 Å². The molecule has 0 spiro atoms. The van der Waals surface area contributed by atoms with Gasteiger partial charge >= 0.3 is 0 Å². The number of sulfonamides is 1. The van der Waals surface area contributed by atoms with E-state index < -0.39 is 10.0 Å². The minimum Gasteiger partial charge on any atom is -0.360 e. The molecule has 0 saturated heterocycles. The molecule has 2 N–H and O–H groups in total. The summed E-state index contributed by atoms with van der Waals surface area (Å²) in [6.45, 7) is 5.05. The predicted molar refractivity (Wildman–Crippen MR) is 100 cm³/mol. The van der Waals surface area contributed by atoms with Gasteiger partial charge in [0.2, 0.25) is 0 Å². The number of pyridine rings is 1. The van der Waals surface area contributed by atoms with E-state index in [1.807, 2.05) is 19.1 Å². The fourth-order valence-corrected chi connectivity index (χ4v) is 4.10. The predicted octanol–water partition coefficient (Wildman–Crippen LogP) is 4.19. The van der Waals surface area contributed by atoms with Gasteiger partial charge in [0.25, 0.3) is 10.0 Å². The van der Waals surface area contributed by atoms with Gasteiger partial charge < -0.3 is 9.84 Å². The molecule has 0 fully saturated rings. The van der Waals surface area contributed by atoms with Crippen LogP contribution in [0.15, 0.2) is 45.9 Å². The highest BCUT2D eigenvalue weighted by atomic mass is 35.5. The lowest BCUT2D eigenvalue weighted by Crippen LogP contribution is -2.14. The molecule has 0 bridgehead atoms. The number of anilines is 3. The van der Waals surface area contributed by atoms with Crippen molar-refractivity contribution in [1.29, 1.82) is 0 Å². The highest BCUT2D eigenvalue weighted by Crippen LogP contribution is 2.25. The minimum atomic E-state index is -3.80. The second-order valence-corrected chi connectivity index (χ2v) is 7.83. The summed E-state index contributed by atoms with van der Waals surface area (Å²) in [4.78, 5) is 4.28. The van der Waals surface area contributed by atoms with E-state index in [9.17, 15) is 8.42 Å². The topological polar surface area (TPSA) is 97.1 Å². The van der Waals surface area contributed by atoms with Crippen molar-refractivity contribution < 1.29 is 12.9 Å². The van der Waals surface area contributed by atoms with E-state index >= 15 is 0 Å². The van der Waals surface area contributed by atoms with E-state index in [1.165, 1.54) is 6.20 Å². The van der Waals surface area contributed by atoms with Crippen LogP contribution in [-0.2, 0) is 10.0 Å². The van der Waals surface area contributed by atoms with E-state index in [-0.39, 0.29) is 10.7 Å². The Balaban J connectivity index is 1.77. The Kier molecular flexibility index (Phi) is 4.88. The normalized spacial score (nSPS) is 11.4. The molecule has 0 radical (unpaired) electrons.